The molecular weight excluding hydrogens is 400 g/mol. The summed E-state index contributed by atoms with van der Waals surface area (Å²) >= 11 is 3.45. The summed E-state index contributed by atoms with van der Waals surface area (Å²) < 4.78 is 8.06. The number of aromatic nitrogens is 4. The molecular formula is C17H17BrN6O2. The molecule has 3 aromatic rings. The SMILES string of the molecule is Cc1c(Br)cccc1C(=O)Nc1cnc2nnc(N3CCOCC3)n2c1. The van der Waals surface area contributed by atoms with Gasteiger partial charge in [0, 0.05) is 29.3 Å². The van der Waals surface area contributed by atoms with Gasteiger partial charge in [-0.25, -0.2) is 4.98 Å². The van der Waals surface area contributed by atoms with Crippen molar-refractivity contribution in [1.82, 2.24) is 19.6 Å². The number of halogens is 1. The maximum absolute atomic E-state index is 12.6. The molecule has 8 nitrogen and oxygen atoms in total. The lowest BCUT2D eigenvalue weighted by molar-refractivity contribution is 0.102. The van der Waals surface area contributed by atoms with E-state index in [1.807, 2.05) is 19.1 Å². The lowest BCUT2D eigenvalue weighted by Crippen LogP contribution is -2.37. The van der Waals surface area contributed by atoms with Gasteiger partial charge in [0.15, 0.2) is 0 Å². The van der Waals surface area contributed by atoms with E-state index < -0.39 is 0 Å². The van der Waals surface area contributed by atoms with E-state index in [1.54, 1.807) is 22.9 Å². The first-order valence-electron chi connectivity index (χ1n) is 8.23. The fourth-order valence-corrected chi connectivity index (χ4v) is 3.24. The van der Waals surface area contributed by atoms with Gasteiger partial charge in [0.1, 0.15) is 0 Å². The monoisotopic (exact) mass is 416 g/mol. The molecule has 0 spiro atoms. The second-order valence-corrected chi connectivity index (χ2v) is 6.83. The Balaban J connectivity index is 1.62. The number of nitrogens with one attached hydrogen (secondary N) is 1. The number of rotatable bonds is 3. The third-order valence-electron chi connectivity index (χ3n) is 4.31. The summed E-state index contributed by atoms with van der Waals surface area (Å²) in [6.07, 6.45) is 3.37. The van der Waals surface area contributed by atoms with Crippen LogP contribution in [0.3, 0.4) is 0 Å². The van der Waals surface area contributed by atoms with Crippen LogP contribution in [0.4, 0.5) is 11.6 Å². The molecule has 0 saturated carbocycles. The summed E-state index contributed by atoms with van der Waals surface area (Å²) in [5, 5.41) is 11.2. The first kappa shape index (κ1) is 16.9. The Hall–Kier alpha value is -2.52. The van der Waals surface area contributed by atoms with E-state index in [0.717, 1.165) is 23.1 Å². The van der Waals surface area contributed by atoms with E-state index in [9.17, 15) is 4.79 Å². The van der Waals surface area contributed by atoms with Crippen molar-refractivity contribution in [1.29, 1.82) is 0 Å². The number of hydrogen-bond acceptors (Lipinski definition) is 6. The van der Waals surface area contributed by atoms with Crippen LogP contribution in [0.5, 0.6) is 0 Å². The molecule has 1 fully saturated rings. The van der Waals surface area contributed by atoms with Crippen LogP contribution >= 0.6 is 15.9 Å². The van der Waals surface area contributed by atoms with E-state index in [-0.39, 0.29) is 5.91 Å². The van der Waals surface area contributed by atoms with Gasteiger partial charge in [-0.3, -0.25) is 9.20 Å². The van der Waals surface area contributed by atoms with Crippen molar-refractivity contribution in [2.75, 3.05) is 36.5 Å². The van der Waals surface area contributed by atoms with Crippen LogP contribution in [0.1, 0.15) is 15.9 Å². The number of anilines is 2. The predicted molar refractivity (Wildman–Crippen MR) is 101 cm³/mol. The summed E-state index contributed by atoms with van der Waals surface area (Å²) in [6.45, 7) is 4.70. The Morgan fingerprint density at radius 2 is 2.08 bits per heavy atom. The lowest BCUT2D eigenvalue weighted by Gasteiger charge is -2.26. The highest BCUT2D eigenvalue weighted by Gasteiger charge is 2.18. The van der Waals surface area contributed by atoms with Crippen molar-refractivity contribution in [3.8, 4) is 0 Å². The molecule has 0 bridgehead atoms. The molecule has 0 unspecified atom stereocenters. The van der Waals surface area contributed by atoms with Gasteiger partial charge in [0.2, 0.25) is 5.95 Å². The van der Waals surface area contributed by atoms with Gasteiger partial charge in [0.25, 0.3) is 11.7 Å². The minimum Gasteiger partial charge on any atom is -0.378 e. The summed E-state index contributed by atoms with van der Waals surface area (Å²) in [4.78, 5) is 19.0. The first-order chi connectivity index (χ1) is 12.6. The van der Waals surface area contributed by atoms with Crippen molar-refractivity contribution in [3.05, 3.63) is 46.2 Å². The molecule has 0 aliphatic carbocycles. The third-order valence-corrected chi connectivity index (χ3v) is 5.17. The second kappa shape index (κ2) is 7.00. The van der Waals surface area contributed by atoms with E-state index >= 15 is 0 Å². The number of carbonyl (C=O) groups excluding carboxylic acids is 1. The zero-order valence-electron chi connectivity index (χ0n) is 14.1. The Kier molecular flexibility index (Phi) is 4.56. The number of benzene rings is 1. The van der Waals surface area contributed by atoms with E-state index in [2.05, 4.69) is 41.3 Å². The molecule has 3 heterocycles. The third kappa shape index (κ3) is 3.15. The van der Waals surface area contributed by atoms with E-state index in [4.69, 9.17) is 4.74 Å². The van der Waals surface area contributed by atoms with Crippen LogP contribution in [0, 0.1) is 6.92 Å². The number of hydrogen-bond donors (Lipinski definition) is 1. The van der Waals surface area contributed by atoms with Crippen LogP contribution < -0.4 is 10.2 Å². The summed E-state index contributed by atoms with van der Waals surface area (Å²) in [6, 6.07) is 5.54. The zero-order valence-corrected chi connectivity index (χ0v) is 15.7. The van der Waals surface area contributed by atoms with Gasteiger partial charge < -0.3 is 15.0 Å². The van der Waals surface area contributed by atoms with Crippen molar-refractivity contribution < 1.29 is 9.53 Å². The Bertz CT molecular complexity index is 967. The molecule has 0 atom stereocenters. The Morgan fingerprint density at radius 1 is 1.27 bits per heavy atom. The average molecular weight is 417 g/mol. The van der Waals surface area contributed by atoms with Crippen LogP contribution in [-0.2, 0) is 4.74 Å². The maximum Gasteiger partial charge on any atom is 0.256 e. The topological polar surface area (TPSA) is 84.7 Å². The molecule has 9 heteroatoms. The summed E-state index contributed by atoms with van der Waals surface area (Å²) in [7, 11) is 0. The quantitative estimate of drug-likeness (QED) is 0.704. The Labute approximate surface area is 158 Å². The number of carbonyl (C=O) groups is 1. The van der Waals surface area contributed by atoms with Crippen LogP contribution in [-0.4, -0.2) is 51.8 Å². The number of morpholine rings is 1. The van der Waals surface area contributed by atoms with Gasteiger partial charge >= 0.3 is 0 Å². The smallest absolute Gasteiger partial charge is 0.256 e. The minimum absolute atomic E-state index is 0.189. The highest BCUT2D eigenvalue weighted by atomic mass is 79.9. The summed E-state index contributed by atoms with van der Waals surface area (Å²) in [5.74, 6) is 1.000. The molecule has 4 rings (SSSR count). The van der Waals surface area contributed by atoms with Crippen LogP contribution in [0.25, 0.3) is 5.78 Å². The van der Waals surface area contributed by atoms with E-state index in [0.29, 0.717) is 36.2 Å². The van der Waals surface area contributed by atoms with Gasteiger partial charge in [-0.1, -0.05) is 22.0 Å². The number of nitrogens with zero attached hydrogens (tertiary/aromatic N) is 5. The average Bonchev–Trinajstić information content (AvgIpc) is 3.08. The normalized spacial score (nSPS) is 14.6. The maximum atomic E-state index is 12.6. The first-order valence-corrected chi connectivity index (χ1v) is 9.03. The van der Waals surface area contributed by atoms with Crippen molar-refractivity contribution in [2.45, 2.75) is 6.92 Å². The van der Waals surface area contributed by atoms with Gasteiger partial charge in [-0.15, -0.1) is 10.2 Å². The molecule has 1 N–H and O–H groups in total. The van der Waals surface area contributed by atoms with Crippen LogP contribution in [0.2, 0.25) is 0 Å². The molecule has 1 aliphatic rings. The Morgan fingerprint density at radius 3 is 2.88 bits per heavy atom. The predicted octanol–water partition coefficient (Wildman–Crippen LogP) is 2.28. The van der Waals surface area contributed by atoms with Gasteiger partial charge in [-0.2, -0.15) is 0 Å². The van der Waals surface area contributed by atoms with Gasteiger partial charge in [-0.05, 0) is 24.6 Å². The zero-order chi connectivity index (χ0) is 18.1. The molecule has 134 valence electrons. The standard InChI is InChI=1S/C17H17BrN6O2/c1-11-13(3-2-4-14(11)18)15(25)20-12-9-19-16-21-22-17(24(16)10-12)23-5-7-26-8-6-23/h2-4,9-10H,5-8H2,1H3,(H,20,25). The number of amides is 1. The highest BCUT2D eigenvalue weighted by molar-refractivity contribution is 9.10. The fraction of sp³-hybridized carbons (Fsp3) is 0.294. The molecule has 26 heavy (non-hydrogen) atoms. The van der Waals surface area contributed by atoms with Gasteiger partial charge in [0.05, 0.1) is 25.1 Å². The number of fused-ring (bicyclic) bond motifs is 1. The second-order valence-electron chi connectivity index (χ2n) is 5.98. The van der Waals surface area contributed by atoms with Crippen molar-refractivity contribution in [2.24, 2.45) is 0 Å². The van der Waals surface area contributed by atoms with Crippen molar-refractivity contribution in [3.63, 3.8) is 0 Å². The fourth-order valence-electron chi connectivity index (χ4n) is 2.87. The molecule has 1 aromatic carbocycles. The summed E-state index contributed by atoms with van der Waals surface area (Å²) in [5.41, 5.74) is 2.07. The van der Waals surface area contributed by atoms with Crippen LogP contribution in [0.15, 0.2) is 35.1 Å². The van der Waals surface area contributed by atoms with E-state index in [1.165, 1.54) is 0 Å². The lowest BCUT2D eigenvalue weighted by atomic mass is 10.1. The molecule has 1 saturated heterocycles. The molecule has 2 aromatic heterocycles. The highest BCUT2D eigenvalue weighted by Crippen LogP contribution is 2.21. The molecule has 1 amide bonds. The molecule has 0 radical (unpaired) electrons. The molecule has 1 aliphatic heterocycles. The van der Waals surface area contributed by atoms with Crippen molar-refractivity contribution >= 4 is 39.3 Å². The number of ether oxygens (including phenoxy) is 1. The largest absolute Gasteiger partial charge is 0.378 e. The minimum atomic E-state index is -0.189.